The number of aromatic nitrogens is 1. The second-order valence-corrected chi connectivity index (χ2v) is 4.05. The molecule has 70 valence electrons. The fourth-order valence-electron chi connectivity index (χ4n) is 1.97. The van der Waals surface area contributed by atoms with Gasteiger partial charge in [0.05, 0.1) is 5.41 Å². The van der Waals surface area contributed by atoms with Crippen LogP contribution in [0.1, 0.15) is 18.4 Å². The van der Waals surface area contributed by atoms with Crippen molar-refractivity contribution in [2.45, 2.75) is 18.3 Å². The van der Waals surface area contributed by atoms with Crippen molar-refractivity contribution in [3.63, 3.8) is 0 Å². The van der Waals surface area contributed by atoms with Crippen LogP contribution in [0.25, 0.3) is 10.9 Å². The summed E-state index contributed by atoms with van der Waals surface area (Å²) in [5.74, 6) is 0. The summed E-state index contributed by atoms with van der Waals surface area (Å²) in [6.45, 7) is 0. The molecule has 0 amide bonds. The number of hydrogen-bond acceptors (Lipinski definition) is 1. The summed E-state index contributed by atoms with van der Waals surface area (Å²) in [6.07, 6.45) is 5.04. The van der Waals surface area contributed by atoms with E-state index in [1.54, 1.807) is 0 Å². The van der Waals surface area contributed by atoms with Crippen LogP contribution in [-0.4, -0.2) is 11.3 Å². The summed E-state index contributed by atoms with van der Waals surface area (Å²) in [6, 6.07) is 8.27. The lowest BCUT2D eigenvalue weighted by Gasteiger charge is -2.06. The Balaban J connectivity index is 2.18. The van der Waals surface area contributed by atoms with Crippen LogP contribution in [0.15, 0.2) is 30.5 Å². The van der Waals surface area contributed by atoms with Gasteiger partial charge in [0, 0.05) is 11.7 Å². The molecule has 1 saturated carbocycles. The molecule has 1 aliphatic rings. The van der Waals surface area contributed by atoms with Crippen molar-refractivity contribution in [3.05, 3.63) is 36.0 Å². The van der Waals surface area contributed by atoms with E-state index in [2.05, 4.69) is 17.1 Å². The number of H-pyrrole nitrogens is 1. The number of carbonyl (C=O) groups is 1. The summed E-state index contributed by atoms with van der Waals surface area (Å²) >= 11 is 0. The van der Waals surface area contributed by atoms with Gasteiger partial charge in [0.25, 0.3) is 0 Å². The van der Waals surface area contributed by atoms with E-state index in [0.29, 0.717) is 0 Å². The zero-order chi connectivity index (χ0) is 9.60. The maximum Gasteiger partial charge on any atom is 0.130 e. The highest BCUT2D eigenvalue weighted by Crippen LogP contribution is 2.46. The Morgan fingerprint density at radius 1 is 1.29 bits per heavy atom. The van der Waals surface area contributed by atoms with Gasteiger partial charge in [-0.15, -0.1) is 0 Å². The fourth-order valence-corrected chi connectivity index (χ4v) is 1.97. The van der Waals surface area contributed by atoms with E-state index in [0.717, 1.165) is 24.6 Å². The molecule has 14 heavy (non-hydrogen) atoms. The quantitative estimate of drug-likeness (QED) is 0.716. The lowest BCUT2D eigenvalue weighted by Crippen LogP contribution is -2.06. The molecule has 0 atom stereocenters. The lowest BCUT2D eigenvalue weighted by atomic mass is 9.97. The summed E-state index contributed by atoms with van der Waals surface area (Å²) in [7, 11) is 0. The molecule has 1 aromatic heterocycles. The molecule has 0 aliphatic heterocycles. The van der Waals surface area contributed by atoms with Crippen LogP contribution in [0, 0.1) is 0 Å². The van der Waals surface area contributed by atoms with E-state index in [4.69, 9.17) is 0 Å². The number of rotatable bonds is 2. The highest BCUT2D eigenvalue weighted by molar-refractivity contribution is 5.83. The number of hydrogen-bond donors (Lipinski definition) is 1. The van der Waals surface area contributed by atoms with Gasteiger partial charge in [-0.2, -0.15) is 0 Å². The Bertz CT molecular complexity index is 494. The molecule has 1 aromatic carbocycles. The van der Waals surface area contributed by atoms with E-state index >= 15 is 0 Å². The highest BCUT2D eigenvalue weighted by Gasteiger charge is 2.44. The standard InChI is InChI=1S/C12H11NO/c14-8-12(4-5-12)10-1-2-11-9(7-10)3-6-13-11/h1-3,6-8,13H,4-5H2. The number of benzene rings is 1. The molecule has 2 aromatic rings. The van der Waals surface area contributed by atoms with E-state index in [1.165, 1.54) is 10.9 Å². The van der Waals surface area contributed by atoms with Crippen LogP contribution in [0.5, 0.6) is 0 Å². The summed E-state index contributed by atoms with van der Waals surface area (Å²) in [5, 5.41) is 1.19. The van der Waals surface area contributed by atoms with Crippen LogP contribution >= 0.6 is 0 Å². The SMILES string of the molecule is O=CC1(c2ccc3[nH]ccc3c2)CC1. The highest BCUT2D eigenvalue weighted by atomic mass is 16.1. The molecule has 0 saturated heterocycles. The first-order chi connectivity index (χ1) is 6.84. The number of aldehydes is 1. The van der Waals surface area contributed by atoms with Crippen LogP contribution < -0.4 is 0 Å². The van der Waals surface area contributed by atoms with Gasteiger partial charge in [0.2, 0.25) is 0 Å². The molecular weight excluding hydrogens is 174 g/mol. The van der Waals surface area contributed by atoms with Crippen molar-refractivity contribution in [1.29, 1.82) is 0 Å². The van der Waals surface area contributed by atoms with Gasteiger partial charge in [0.1, 0.15) is 6.29 Å². The third-order valence-electron chi connectivity index (χ3n) is 3.14. The Labute approximate surface area is 81.9 Å². The minimum atomic E-state index is -0.147. The molecular formula is C12H11NO. The van der Waals surface area contributed by atoms with Gasteiger partial charge in [-0.25, -0.2) is 0 Å². The molecule has 0 spiro atoms. The second kappa shape index (κ2) is 2.47. The molecule has 0 bridgehead atoms. The minimum Gasteiger partial charge on any atom is -0.361 e. The zero-order valence-electron chi connectivity index (χ0n) is 7.79. The van der Waals surface area contributed by atoms with Crippen molar-refractivity contribution >= 4 is 17.2 Å². The molecule has 1 aliphatic carbocycles. The van der Waals surface area contributed by atoms with Gasteiger partial charge in [0.15, 0.2) is 0 Å². The van der Waals surface area contributed by atoms with Crippen molar-refractivity contribution in [3.8, 4) is 0 Å². The Morgan fingerprint density at radius 2 is 2.14 bits per heavy atom. The average molecular weight is 185 g/mol. The first kappa shape index (κ1) is 7.80. The molecule has 2 heteroatoms. The van der Waals surface area contributed by atoms with E-state index < -0.39 is 0 Å². The summed E-state index contributed by atoms with van der Waals surface area (Å²) < 4.78 is 0. The van der Waals surface area contributed by atoms with Crippen molar-refractivity contribution in [1.82, 2.24) is 4.98 Å². The summed E-state index contributed by atoms with van der Waals surface area (Å²) in [5.41, 5.74) is 2.15. The number of carbonyl (C=O) groups excluding carboxylic acids is 1. The van der Waals surface area contributed by atoms with Crippen molar-refractivity contribution in [2.75, 3.05) is 0 Å². The summed E-state index contributed by atoms with van der Waals surface area (Å²) in [4.78, 5) is 14.1. The maximum atomic E-state index is 11.0. The second-order valence-electron chi connectivity index (χ2n) is 4.05. The van der Waals surface area contributed by atoms with E-state index in [1.807, 2.05) is 18.3 Å². The number of nitrogens with one attached hydrogen (secondary N) is 1. The molecule has 2 nitrogen and oxygen atoms in total. The minimum absolute atomic E-state index is 0.147. The first-order valence-corrected chi connectivity index (χ1v) is 4.88. The Morgan fingerprint density at radius 3 is 2.86 bits per heavy atom. The zero-order valence-corrected chi connectivity index (χ0v) is 7.79. The van der Waals surface area contributed by atoms with Crippen molar-refractivity contribution in [2.24, 2.45) is 0 Å². The predicted octanol–water partition coefficient (Wildman–Crippen LogP) is 2.40. The molecule has 1 heterocycles. The van der Waals surface area contributed by atoms with Gasteiger partial charge in [-0.05, 0) is 42.0 Å². The Kier molecular flexibility index (Phi) is 1.38. The predicted molar refractivity (Wildman–Crippen MR) is 55.3 cm³/mol. The monoisotopic (exact) mass is 185 g/mol. The fraction of sp³-hybridized carbons (Fsp3) is 0.250. The Hall–Kier alpha value is -1.57. The molecule has 3 rings (SSSR count). The third-order valence-corrected chi connectivity index (χ3v) is 3.14. The molecule has 0 unspecified atom stereocenters. The normalized spacial score (nSPS) is 18.3. The van der Waals surface area contributed by atoms with Gasteiger partial charge in [-0.3, -0.25) is 0 Å². The first-order valence-electron chi connectivity index (χ1n) is 4.88. The lowest BCUT2D eigenvalue weighted by molar-refractivity contribution is -0.109. The van der Waals surface area contributed by atoms with Crippen LogP contribution in [0.4, 0.5) is 0 Å². The van der Waals surface area contributed by atoms with Crippen LogP contribution in [-0.2, 0) is 10.2 Å². The smallest absolute Gasteiger partial charge is 0.130 e. The number of aromatic amines is 1. The van der Waals surface area contributed by atoms with Gasteiger partial charge >= 0.3 is 0 Å². The van der Waals surface area contributed by atoms with Crippen LogP contribution in [0.2, 0.25) is 0 Å². The van der Waals surface area contributed by atoms with Gasteiger partial charge in [-0.1, -0.05) is 6.07 Å². The largest absolute Gasteiger partial charge is 0.361 e. The van der Waals surface area contributed by atoms with E-state index in [9.17, 15) is 4.79 Å². The number of fused-ring (bicyclic) bond motifs is 1. The maximum absolute atomic E-state index is 11.0. The van der Waals surface area contributed by atoms with Crippen LogP contribution in [0.3, 0.4) is 0 Å². The average Bonchev–Trinajstić information content (AvgIpc) is 2.89. The van der Waals surface area contributed by atoms with Crippen molar-refractivity contribution < 1.29 is 4.79 Å². The molecule has 1 fully saturated rings. The topological polar surface area (TPSA) is 32.9 Å². The molecule has 1 N–H and O–H groups in total. The van der Waals surface area contributed by atoms with Gasteiger partial charge < -0.3 is 9.78 Å². The van der Waals surface area contributed by atoms with E-state index in [-0.39, 0.29) is 5.41 Å². The molecule has 0 radical (unpaired) electrons. The third kappa shape index (κ3) is 0.939.